The molecule has 1 aromatic carbocycles. The second-order valence-electron chi connectivity index (χ2n) is 2.73. The fourth-order valence-electron chi connectivity index (χ4n) is 1.17. The Hall–Kier alpha value is -0.810. The molecule has 0 aliphatic carbocycles. The van der Waals surface area contributed by atoms with Gasteiger partial charge < -0.3 is 15.2 Å². The Morgan fingerprint density at radius 1 is 1.64 bits per heavy atom. The van der Waals surface area contributed by atoms with E-state index in [4.69, 9.17) is 4.74 Å². The van der Waals surface area contributed by atoms with Crippen LogP contribution in [0.4, 0.5) is 4.39 Å². The number of aromatic hydroxyl groups is 1. The van der Waals surface area contributed by atoms with E-state index >= 15 is 0 Å². The van der Waals surface area contributed by atoms with Crippen molar-refractivity contribution in [1.29, 1.82) is 0 Å². The van der Waals surface area contributed by atoms with Crippen LogP contribution in [0.15, 0.2) is 10.5 Å². The van der Waals surface area contributed by atoms with Crippen molar-refractivity contribution in [2.24, 2.45) is 0 Å². The van der Waals surface area contributed by atoms with Gasteiger partial charge in [-0.15, -0.1) is 0 Å². The predicted molar refractivity (Wildman–Crippen MR) is 55.1 cm³/mol. The van der Waals surface area contributed by atoms with Crippen molar-refractivity contribution in [2.75, 3.05) is 14.2 Å². The van der Waals surface area contributed by atoms with Crippen LogP contribution >= 0.6 is 15.9 Å². The number of benzene rings is 1. The summed E-state index contributed by atoms with van der Waals surface area (Å²) >= 11 is 3.10. The maximum atomic E-state index is 13.3. The fourth-order valence-corrected chi connectivity index (χ4v) is 1.72. The summed E-state index contributed by atoms with van der Waals surface area (Å²) in [6, 6.07) is 1.27. The number of ether oxygens (including phenoxy) is 1. The van der Waals surface area contributed by atoms with Crippen molar-refractivity contribution in [3.8, 4) is 11.5 Å². The molecule has 0 spiro atoms. The minimum absolute atomic E-state index is 0.172. The molecule has 14 heavy (non-hydrogen) atoms. The molecular formula is C9H11BrFNO2. The smallest absolute Gasteiger partial charge is 0.175 e. The predicted octanol–water partition coefficient (Wildman–Crippen LogP) is 2.02. The van der Waals surface area contributed by atoms with E-state index in [2.05, 4.69) is 21.2 Å². The monoisotopic (exact) mass is 263 g/mol. The van der Waals surface area contributed by atoms with Crippen molar-refractivity contribution in [1.82, 2.24) is 5.32 Å². The van der Waals surface area contributed by atoms with E-state index in [0.29, 0.717) is 4.47 Å². The molecule has 0 atom stereocenters. The summed E-state index contributed by atoms with van der Waals surface area (Å²) in [6.07, 6.45) is 0. The van der Waals surface area contributed by atoms with E-state index in [-0.39, 0.29) is 23.6 Å². The Balaban J connectivity index is 3.28. The van der Waals surface area contributed by atoms with E-state index in [9.17, 15) is 9.50 Å². The molecule has 0 aliphatic rings. The molecule has 0 heterocycles. The summed E-state index contributed by atoms with van der Waals surface area (Å²) in [4.78, 5) is 0. The summed E-state index contributed by atoms with van der Waals surface area (Å²) in [5, 5.41) is 12.4. The molecule has 3 nitrogen and oxygen atoms in total. The van der Waals surface area contributed by atoms with Crippen molar-refractivity contribution in [2.45, 2.75) is 6.54 Å². The summed E-state index contributed by atoms with van der Waals surface area (Å²) in [7, 11) is 3.09. The number of methoxy groups -OCH3 is 1. The van der Waals surface area contributed by atoms with Crippen molar-refractivity contribution < 1.29 is 14.2 Å². The van der Waals surface area contributed by atoms with E-state index in [1.807, 2.05) is 0 Å². The lowest BCUT2D eigenvalue weighted by molar-refractivity contribution is 0.363. The van der Waals surface area contributed by atoms with Gasteiger partial charge >= 0.3 is 0 Å². The molecule has 0 unspecified atom stereocenters. The second-order valence-corrected chi connectivity index (χ2v) is 3.59. The van der Waals surface area contributed by atoms with Gasteiger partial charge in [-0.1, -0.05) is 0 Å². The first-order valence-electron chi connectivity index (χ1n) is 4.00. The van der Waals surface area contributed by atoms with Crippen LogP contribution in [0.25, 0.3) is 0 Å². The summed E-state index contributed by atoms with van der Waals surface area (Å²) < 4.78 is 18.7. The Morgan fingerprint density at radius 2 is 2.29 bits per heavy atom. The number of halogens is 2. The van der Waals surface area contributed by atoms with Crippen LogP contribution in [0.3, 0.4) is 0 Å². The first-order chi connectivity index (χ1) is 6.61. The first kappa shape index (κ1) is 11.3. The molecule has 1 aromatic rings. The van der Waals surface area contributed by atoms with Gasteiger partial charge in [0, 0.05) is 12.1 Å². The molecule has 0 saturated heterocycles. The average Bonchev–Trinajstić information content (AvgIpc) is 2.12. The third-order valence-electron chi connectivity index (χ3n) is 1.82. The van der Waals surface area contributed by atoms with Gasteiger partial charge in [-0.25, -0.2) is 4.39 Å². The van der Waals surface area contributed by atoms with Crippen molar-refractivity contribution >= 4 is 15.9 Å². The lowest BCUT2D eigenvalue weighted by Crippen LogP contribution is -2.08. The molecule has 5 heteroatoms. The zero-order valence-electron chi connectivity index (χ0n) is 7.90. The molecule has 2 N–H and O–H groups in total. The highest BCUT2D eigenvalue weighted by Crippen LogP contribution is 2.38. The highest BCUT2D eigenvalue weighted by molar-refractivity contribution is 9.10. The molecule has 0 bridgehead atoms. The number of phenolic OH excluding ortho intramolecular Hbond substituents is 1. The van der Waals surface area contributed by atoms with Gasteiger partial charge in [0.1, 0.15) is 5.82 Å². The average molecular weight is 264 g/mol. The van der Waals surface area contributed by atoms with Crippen LogP contribution in [-0.4, -0.2) is 19.3 Å². The number of phenols is 1. The number of rotatable bonds is 3. The molecule has 0 aliphatic heterocycles. The van der Waals surface area contributed by atoms with Crippen LogP contribution < -0.4 is 10.1 Å². The standard InChI is InChI=1S/C9H11BrFNO2/c1-12-4-5-7(11)3-6(10)9(14-2)8(5)13/h3,12-13H,4H2,1-2H3. The molecule has 78 valence electrons. The summed E-state index contributed by atoms with van der Waals surface area (Å²) in [5.74, 6) is -0.394. The topological polar surface area (TPSA) is 41.5 Å². The molecular weight excluding hydrogens is 253 g/mol. The first-order valence-corrected chi connectivity index (χ1v) is 4.79. The SMILES string of the molecule is CNCc1c(F)cc(Br)c(OC)c1O. The van der Waals surface area contributed by atoms with Crippen LogP contribution in [0.1, 0.15) is 5.56 Å². The Morgan fingerprint density at radius 3 is 2.79 bits per heavy atom. The lowest BCUT2D eigenvalue weighted by Gasteiger charge is -2.11. The van der Waals surface area contributed by atoms with Crippen LogP contribution in [-0.2, 0) is 6.54 Å². The fraction of sp³-hybridized carbons (Fsp3) is 0.333. The molecule has 0 aromatic heterocycles. The van der Waals surface area contributed by atoms with Gasteiger partial charge in [0.2, 0.25) is 0 Å². The second kappa shape index (κ2) is 4.61. The lowest BCUT2D eigenvalue weighted by atomic mass is 10.1. The molecule has 1 rings (SSSR count). The number of hydrogen-bond acceptors (Lipinski definition) is 3. The van der Waals surface area contributed by atoms with Crippen molar-refractivity contribution in [3.63, 3.8) is 0 Å². The largest absolute Gasteiger partial charge is 0.504 e. The third kappa shape index (κ3) is 1.99. The Kier molecular flexibility index (Phi) is 3.71. The molecule has 0 saturated carbocycles. The molecule has 0 radical (unpaired) electrons. The molecule has 0 fully saturated rings. The van der Waals surface area contributed by atoms with Gasteiger partial charge in [0.15, 0.2) is 11.5 Å². The van der Waals surface area contributed by atoms with Crippen LogP contribution in [0.5, 0.6) is 11.5 Å². The van der Waals surface area contributed by atoms with Gasteiger partial charge in [0.05, 0.1) is 11.6 Å². The van der Waals surface area contributed by atoms with E-state index in [1.165, 1.54) is 13.2 Å². The maximum Gasteiger partial charge on any atom is 0.175 e. The van der Waals surface area contributed by atoms with E-state index < -0.39 is 5.82 Å². The minimum atomic E-state index is -0.468. The number of nitrogens with one attached hydrogen (secondary N) is 1. The van der Waals surface area contributed by atoms with Gasteiger partial charge in [-0.2, -0.15) is 0 Å². The maximum absolute atomic E-state index is 13.3. The van der Waals surface area contributed by atoms with Gasteiger partial charge in [-0.3, -0.25) is 0 Å². The van der Waals surface area contributed by atoms with E-state index in [0.717, 1.165) is 0 Å². The zero-order valence-corrected chi connectivity index (χ0v) is 9.48. The Bertz CT molecular complexity index is 344. The van der Waals surface area contributed by atoms with Gasteiger partial charge in [0.25, 0.3) is 0 Å². The van der Waals surface area contributed by atoms with Crippen molar-refractivity contribution in [3.05, 3.63) is 21.9 Å². The van der Waals surface area contributed by atoms with Crippen LogP contribution in [0, 0.1) is 5.82 Å². The third-order valence-corrected chi connectivity index (χ3v) is 2.41. The quantitative estimate of drug-likeness (QED) is 0.877. The minimum Gasteiger partial charge on any atom is -0.504 e. The zero-order chi connectivity index (χ0) is 10.7. The summed E-state index contributed by atoms with van der Waals surface area (Å²) in [5.41, 5.74) is 0.201. The highest BCUT2D eigenvalue weighted by atomic mass is 79.9. The summed E-state index contributed by atoms with van der Waals surface area (Å²) in [6.45, 7) is 0.251. The number of hydrogen-bond donors (Lipinski definition) is 2. The Labute approximate surface area is 90.0 Å². The van der Waals surface area contributed by atoms with Gasteiger partial charge in [-0.05, 0) is 29.0 Å². The van der Waals surface area contributed by atoms with Crippen LogP contribution in [0.2, 0.25) is 0 Å². The normalized spacial score (nSPS) is 10.3. The highest BCUT2D eigenvalue weighted by Gasteiger charge is 2.16. The molecule has 0 amide bonds. The van der Waals surface area contributed by atoms with E-state index in [1.54, 1.807) is 7.05 Å².